The zero-order valence-electron chi connectivity index (χ0n) is 20.6. The Morgan fingerprint density at radius 2 is 1.79 bits per heavy atom. The van der Waals surface area contributed by atoms with Gasteiger partial charge < -0.3 is 10.5 Å². The molecule has 2 aromatic carbocycles. The molecule has 1 atom stereocenters. The van der Waals surface area contributed by atoms with Gasteiger partial charge in [-0.3, -0.25) is 10.2 Å². The predicted octanol–water partition coefficient (Wildman–Crippen LogP) is 4.92. The number of nitrogens with zero attached hydrogens (tertiary/aromatic N) is 4. The van der Waals surface area contributed by atoms with E-state index in [1.54, 1.807) is 6.92 Å². The van der Waals surface area contributed by atoms with E-state index in [0.29, 0.717) is 13.1 Å². The van der Waals surface area contributed by atoms with E-state index in [2.05, 4.69) is 15.5 Å². The second-order valence-corrected chi connectivity index (χ2v) is 9.71. The molecule has 0 spiro atoms. The third kappa shape index (κ3) is 5.41. The average Bonchev–Trinajstić information content (AvgIpc) is 2.89. The quantitative estimate of drug-likeness (QED) is 0.333. The molecule has 1 aliphatic heterocycles. The van der Waals surface area contributed by atoms with Crippen molar-refractivity contribution >= 4 is 46.8 Å². The number of imide groups is 1. The van der Waals surface area contributed by atoms with Crippen LogP contribution in [0.15, 0.2) is 42.5 Å². The third-order valence-electron chi connectivity index (χ3n) is 6.42. The lowest BCUT2D eigenvalue weighted by atomic mass is 10.1. The van der Waals surface area contributed by atoms with Crippen molar-refractivity contribution in [1.82, 2.24) is 15.1 Å². The number of ether oxygens (including phenoxy) is 1. The van der Waals surface area contributed by atoms with Gasteiger partial charge in [0.25, 0.3) is 0 Å². The molecule has 4 rings (SSSR count). The number of nitrogens with two attached hydrogens (primary N) is 1. The van der Waals surface area contributed by atoms with Crippen LogP contribution in [0.3, 0.4) is 0 Å². The Bertz CT molecular complexity index is 1390. The summed E-state index contributed by atoms with van der Waals surface area (Å²) in [5, 5.41) is 10.3. The Hall–Kier alpha value is -3.38. The number of likely N-dealkylation sites (N-methyl/N-ethyl adjacent to an activating group) is 1. The molecule has 200 valence electrons. The van der Waals surface area contributed by atoms with Gasteiger partial charge in [0, 0.05) is 29.7 Å². The first-order chi connectivity index (χ1) is 18.0. The molecule has 13 heteroatoms. The number of quaternary nitrogens is 1. The van der Waals surface area contributed by atoms with Crippen molar-refractivity contribution < 1.29 is 27.6 Å². The van der Waals surface area contributed by atoms with Gasteiger partial charge >= 0.3 is 11.9 Å². The van der Waals surface area contributed by atoms with Crippen LogP contribution in [-0.4, -0.2) is 64.7 Å². The minimum Gasteiger partial charge on any atom is -0.482 e. The Morgan fingerprint density at radius 1 is 1.11 bits per heavy atom. The summed E-state index contributed by atoms with van der Waals surface area (Å²) in [5.74, 6) is -2.20. The van der Waals surface area contributed by atoms with Gasteiger partial charge in [0.15, 0.2) is 17.4 Å². The molecule has 9 nitrogen and oxygen atoms in total. The summed E-state index contributed by atoms with van der Waals surface area (Å²) < 4.78 is 33.7. The smallest absolute Gasteiger partial charge is 0.430 e. The van der Waals surface area contributed by atoms with Crippen LogP contribution in [0.2, 0.25) is 10.0 Å². The molecule has 0 unspecified atom stereocenters. The summed E-state index contributed by atoms with van der Waals surface area (Å²) in [7, 11) is 1.87. The number of hydrogen-bond donors (Lipinski definition) is 2. The Labute approximate surface area is 227 Å². The minimum atomic E-state index is -0.848. The van der Waals surface area contributed by atoms with Crippen molar-refractivity contribution in [2.75, 3.05) is 44.3 Å². The van der Waals surface area contributed by atoms with E-state index in [4.69, 9.17) is 33.7 Å². The number of halogens is 4. The second-order valence-electron chi connectivity index (χ2n) is 8.93. The lowest BCUT2D eigenvalue weighted by Crippen LogP contribution is -2.66. The Kier molecular flexibility index (Phi) is 8.12. The normalized spacial score (nSPS) is 16.1. The number of nitrogen functional groups attached to an aromatic ring is 1. The summed E-state index contributed by atoms with van der Waals surface area (Å²) in [4.78, 5) is 29.1. The number of rotatable bonds is 5. The number of amides is 3. The summed E-state index contributed by atoms with van der Waals surface area (Å²) in [5.41, 5.74) is 5.94. The molecule has 1 saturated heterocycles. The Balaban J connectivity index is 1.61. The molecule has 3 aromatic rings. The monoisotopic (exact) mass is 565 g/mol. The standard InChI is InChI=1S/C25H24Cl2F2N6O3/c1-14(21-16(26)7-8-18(29)22(21)27)38-19-13-20(32-33-23(19)30)31-25(37)35(11-9-34(2)10-12-35)24(36)15-5-3-4-6-17(15)28/h3-8,13-14H,9-12H2,1-2H3,(H2-,30,31,32,33,37)/p+1/t14-/m1/s1. The largest absolute Gasteiger partial charge is 0.482 e. The van der Waals surface area contributed by atoms with Gasteiger partial charge in [0.2, 0.25) is 0 Å². The van der Waals surface area contributed by atoms with E-state index >= 15 is 0 Å². The number of aromatic nitrogens is 2. The average molecular weight is 566 g/mol. The van der Waals surface area contributed by atoms with Gasteiger partial charge in [-0.25, -0.2) is 18.4 Å². The van der Waals surface area contributed by atoms with Gasteiger partial charge in [-0.15, -0.1) is 10.2 Å². The Morgan fingerprint density at radius 3 is 2.47 bits per heavy atom. The number of urea groups is 1. The highest BCUT2D eigenvalue weighted by molar-refractivity contribution is 6.36. The van der Waals surface area contributed by atoms with Crippen LogP contribution in [-0.2, 0) is 0 Å². The molecule has 1 aliphatic rings. The number of hydrogen-bond acceptors (Lipinski definition) is 7. The maximum Gasteiger partial charge on any atom is 0.430 e. The predicted molar refractivity (Wildman–Crippen MR) is 139 cm³/mol. The first-order valence-electron chi connectivity index (χ1n) is 11.6. The minimum absolute atomic E-state index is 0.0181. The highest BCUT2D eigenvalue weighted by atomic mass is 35.5. The second kappa shape index (κ2) is 11.2. The summed E-state index contributed by atoms with van der Waals surface area (Å²) in [6, 6.07) is 8.62. The number of anilines is 2. The molecule has 38 heavy (non-hydrogen) atoms. The van der Waals surface area contributed by atoms with E-state index in [9.17, 15) is 18.4 Å². The van der Waals surface area contributed by atoms with Crippen molar-refractivity contribution in [2.45, 2.75) is 13.0 Å². The molecular weight excluding hydrogens is 541 g/mol. The lowest BCUT2D eigenvalue weighted by molar-refractivity contribution is -0.770. The van der Waals surface area contributed by atoms with Gasteiger partial charge in [0.05, 0.1) is 5.02 Å². The number of nitrogens with one attached hydrogen (secondary N) is 1. The topological polar surface area (TPSA) is 110 Å². The molecule has 0 saturated carbocycles. The molecule has 1 fully saturated rings. The number of benzene rings is 2. The van der Waals surface area contributed by atoms with Crippen LogP contribution in [0.25, 0.3) is 0 Å². The molecule has 3 N–H and O–H groups in total. The summed E-state index contributed by atoms with van der Waals surface area (Å²) in [6.45, 7) is 2.69. The van der Waals surface area contributed by atoms with E-state index in [0.717, 1.165) is 6.07 Å². The molecule has 0 aliphatic carbocycles. The van der Waals surface area contributed by atoms with Crippen LogP contribution in [0.1, 0.15) is 28.9 Å². The van der Waals surface area contributed by atoms with Crippen molar-refractivity contribution in [3.63, 3.8) is 0 Å². The van der Waals surface area contributed by atoms with Crippen LogP contribution < -0.4 is 15.8 Å². The van der Waals surface area contributed by atoms with Gasteiger partial charge in [-0.05, 0) is 38.2 Å². The lowest BCUT2D eigenvalue weighted by Gasteiger charge is -2.38. The van der Waals surface area contributed by atoms with Gasteiger partial charge in [-0.2, -0.15) is 4.48 Å². The van der Waals surface area contributed by atoms with Gasteiger partial charge in [0.1, 0.15) is 36.4 Å². The van der Waals surface area contributed by atoms with Crippen LogP contribution in [0.5, 0.6) is 5.75 Å². The molecule has 1 aromatic heterocycles. The SMILES string of the molecule is C[C@@H](Oc1cc(NC(=O)[N+]2(C(=O)c3ccccc3F)CCN(C)CC2)nnc1N)c1c(Cl)ccc(F)c1Cl. The zero-order chi connectivity index (χ0) is 27.6. The highest BCUT2D eigenvalue weighted by Crippen LogP contribution is 2.36. The van der Waals surface area contributed by atoms with Gasteiger partial charge in [-0.1, -0.05) is 35.3 Å². The molecule has 3 amide bonds. The molecule has 0 bridgehead atoms. The molecule has 2 heterocycles. The van der Waals surface area contributed by atoms with E-state index in [-0.39, 0.29) is 51.6 Å². The molecule has 0 radical (unpaired) electrons. The summed E-state index contributed by atoms with van der Waals surface area (Å²) in [6.07, 6.45) is -0.848. The first-order valence-corrected chi connectivity index (χ1v) is 12.4. The van der Waals surface area contributed by atoms with E-state index in [1.165, 1.54) is 36.4 Å². The number of piperazine rings is 1. The fourth-order valence-electron chi connectivity index (χ4n) is 4.19. The maximum absolute atomic E-state index is 14.5. The van der Waals surface area contributed by atoms with Crippen molar-refractivity contribution in [3.05, 3.63) is 75.3 Å². The van der Waals surface area contributed by atoms with Crippen molar-refractivity contribution in [2.24, 2.45) is 0 Å². The number of carbonyl (C=O) groups is 2. The van der Waals surface area contributed by atoms with Crippen LogP contribution in [0.4, 0.5) is 25.2 Å². The fourth-order valence-corrected chi connectivity index (χ4v) is 4.87. The number of carbonyl (C=O) groups excluding carboxylic acids is 2. The molecular formula is C25H25Cl2F2N6O3+. The zero-order valence-corrected chi connectivity index (χ0v) is 22.1. The van der Waals surface area contributed by atoms with Crippen molar-refractivity contribution in [3.8, 4) is 5.75 Å². The fraction of sp³-hybridized carbons (Fsp3) is 0.280. The first kappa shape index (κ1) is 27.6. The van der Waals surface area contributed by atoms with Crippen LogP contribution in [0, 0.1) is 11.6 Å². The van der Waals surface area contributed by atoms with Crippen molar-refractivity contribution in [1.29, 1.82) is 0 Å². The maximum atomic E-state index is 14.5. The van der Waals surface area contributed by atoms with E-state index in [1.807, 2.05) is 11.9 Å². The highest BCUT2D eigenvalue weighted by Gasteiger charge is 2.48. The third-order valence-corrected chi connectivity index (χ3v) is 7.13. The summed E-state index contributed by atoms with van der Waals surface area (Å²) >= 11 is 12.3. The van der Waals surface area contributed by atoms with Crippen LogP contribution >= 0.6 is 23.2 Å². The van der Waals surface area contributed by atoms with E-state index < -0.39 is 34.2 Å².